The Morgan fingerprint density at radius 1 is 1.23 bits per heavy atom. The zero-order chi connectivity index (χ0) is 9.10. The maximum Gasteiger partial charge on any atom is 0.172 e. The molecule has 13 heavy (non-hydrogen) atoms. The Morgan fingerprint density at radius 3 is 2.46 bits per heavy atom. The molecule has 0 aromatic carbocycles. The summed E-state index contributed by atoms with van der Waals surface area (Å²) in [5.74, 6) is 0.117. The molecule has 1 heterocycles. The predicted octanol–water partition coefficient (Wildman–Crippen LogP) is 0.910. The molecule has 3 heteroatoms. The van der Waals surface area contributed by atoms with Crippen molar-refractivity contribution in [3.63, 3.8) is 0 Å². The molecule has 0 unspecified atom stereocenters. The van der Waals surface area contributed by atoms with Crippen LogP contribution in [0.3, 0.4) is 0 Å². The summed E-state index contributed by atoms with van der Waals surface area (Å²) in [5, 5.41) is 9.71. The molecular formula is C10H16O3. The normalized spacial score (nSPS) is 52.2. The van der Waals surface area contributed by atoms with Gasteiger partial charge in [0, 0.05) is 17.8 Å². The fourth-order valence-corrected chi connectivity index (χ4v) is 3.29. The van der Waals surface area contributed by atoms with Gasteiger partial charge in [-0.3, -0.25) is 0 Å². The van der Waals surface area contributed by atoms with Crippen molar-refractivity contribution in [1.82, 2.24) is 0 Å². The van der Waals surface area contributed by atoms with E-state index < -0.39 is 0 Å². The molecule has 3 atom stereocenters. The number of ether oxygens (including phenoxy) is 2. The Labute approximate surface area is 78.0 Å². The van der Waals surface area contributed by atoms with Crippen LogP contribution in [0.1, 0.15) is 26.2 Å². The molecule has 3 fully saturated rings. The van der Waals surface area contributed by atoms with Gasteiger partial charge in [0.2, 0.25) is 0 Å². The third kappa shape index (κ3) is 0.808. The van der Waals surface area contributed by atoms with E-state index in [1.54, 1.807) is 0 Å². The second kappa shape index (κ2) is 2.27. The van der Waals surface area contributed by atoms with Crippen molar-refractivity contribution in [2.75, 3.05) is 13.2 Å². The average Bonchev–Trinajstić information content (AvgIpc) is 2.66. The monoisotopic (exact) mass is 184 g/mol. The highest BCUT2D eigenvalue weighted by atomic mass is 16.7. The first kappa shape index (κ1) is 8.21. The summed E-state index contributed by atoms with van der Waals surface area (Å²) in [5.41, 5.74) is 0.0737. The molecule has 3 nitrogen and oxygen atoms in total. The van der Waals surface area contributed by atoms with Crippen LogP contribution in [0, 0.1) is 11.3 Å². The predicted molar refractivity (Wildman–Crippen MR) is 46.1 cm³/mol. The van der Waals surface area contributed by atoms with Crippen molar-refractivity contribution in [2.45, 2.75) is 38.1 Å². The summed E-state index contributed by atoms with van der Waals surface area (Å²) in [6.45, 7) is 3.61. The lowest BCUT2D eigenvalue weighted by atomic mass is 9.60. The molecule has 2 aliphatic carbocycles. The van der Waals surface area contributed by atoms with E-state index in [-0.39, 0.29) is 17.3 Å². The van der Waals surface area contributed by atoms with E-state index in [2.05, 4.69) is 6.92 Å². The van der Waals surface area contributed by atoms with Gasteiger partial charge < -0.3 is 14.6 Å². The highest BCUT2D eigenvalue weighted by Gasteiger charge is 2.66. The van der Waals surface area contributed by atoms with E-state index in [0.717, 1.165) is 32.5 Å². The Morgan fingerprint density at radius 2 is 1.92 bits per heavy atom. The molecule has 0 aromatic rings. The fourth-order valence-electron chi connectivity index (χ4n) is 3.29. The van der Waals surface area contributed by atoms with Crippen molar-refractivity contribution in [1.29, 1.82) is 0 Å². The maximum atomic E-state index is 9.71. The minimum atomic E-state index is -0.312. The van der Waals surface area contributed by atoms with Crippen molar-refractivity contribution >= 4 is 0 Å². The average molecular weight is 184 g/mol. The molecule has 74 valence electrons. The first-order valence-corrected chi connectivity index (χ1v) is 5.13. The second-order valence-electron chi connectivity index (χ2n) is 4.82. The third-order valence-corrected chi connectivity index (χ3v) is 4.34. The Kier molecular flexibility index (Phi) is 1.43. The number of hydrogen-bond donors (Lipinski definition) is 1. The molecule has 1 saturated heterocycles. The van der Waals surface area contributed by atoms with Crippen LogP contribution in [0.2, 0.25) is 0 Å². The molecule has 2 saturated carbocycles. The van der Waals surface area contributed by atoms with E-state index in [4.69, 9.17) is 9.47 Å². The van der Waals surface area contributed by atoms with Gasteiger partial charge in [-0.2, -0.15) is 0 Å². The maximum absolute atomic E-state index is 9.71. The second-order valence-corrected chi connectivity index (χ2v) is 4.82. The van der Waals surface area contributed by atoms with Gasteiger partial charge in [-0.15, -0.1) is 0 Å². The van der Waals surface area contributed by atoms with Gasteiger partial charge in [0.05, 0.1) is 19.3 Å². The van der Waals surface area contributed by atoms with Crippen LogP contribution < -0.4 is 0 Å². The van der Waals surface area contributed by atoms with Gasteiger partial charge in [-0.1, -0.05) is 6.92 Å². The van der Waals surface area contributed by atoms with E-state index in [9.17, 15) is 5.11 Å². The first-order chi connectivity index (χ1) is 6.17. The molecule has 0 radical (unpaired) electrons. The lowest BCUT2D eigenvalue weighted by Crippen LogP contribution is -2.55. The van der Waals surface area contributed by atoms with Crippen LogP contribution >= 0.6 is 0 Å². The van der Waals surface area contributed by atoms with Crippen molar-refractivity contribution in [2.24, 2.45) is 11.3 Å². The Bertz CT molecular complexity index is 234. The van der Waals surface area contributed by atoms with Crippen molar-refractivity contribution < 1.29 is 14.6 Å². The summed E-state index contributed by atoms with van der Waals surface area (Å²) >= 11 is 0. The summed E-state index contributed by atoms with van der Waals surface area (Å²) in [6.07, 6.45) is 2.73. The summed E-state index contributed by atoms with van der Waals surface area (Å²) in [4.78, 5) is 0. The van der Waals surface area contributed by atoms with Crippen LogP contribution in [-0.4, -0.2) is 30.2 Å². The standard InChI is InChI=1S/C10H16O3/c1-9-2-3-10(12-4-5-13-10)7(9)6-8(9)11/h7-8,11H,2-6H2,1H3/t7-,8+,9-/m1/s1. The smallest absolute Gasteiger partial charge is 0.172 e. The van der Waals surface area contributed by atoms with Crippen LogP contribution in [0.15, 0.2) is 0 Å². The lowest BCUT2D eigenvalue weighted by Gasteiger charge is -2.50. The highest BCUT2D eigenvalue weighted by molar-refractivity contribution is 5.12. The molecule has 3 rings (SSSR count). The van der Waals surface area contributed by atoms with Gasteiger partial charge in [-0.25, -0.2) is 0 Å². The number of aliphatic hydroxyl groups is 1. The minimum Gasteiger partial charge on any atom is -0.393 e. The number of rotatable bonds is 0. The summed E-state index contributed by atoms with van der Waals surface area (Å²) in [7, 11) is 0. The van der Waals surface area contributed by atoms with Gasteiger partial charge in [-0.05, 0) is 12.8 Å². The molecule has 0 bridgehead atoms. The van der Waals surface area contributed by atoms with Crippen molar-refractivity contribution in [3.8, 4) is 0 Å². The number of aliphatic hydroxyl groups excluding tert-OH is 1. The Hall–Kier alpha value is -0.120. The molecule has 1 spiro atoms. The van der Waals surface area contributed by atoms with Crippen LogP contribution in [0.25, 0.3) is 0 Å². The molecule has 1 N–H and O–H groups in total. The molecule has 1 aliphatic heterocycles. The molecular weight excluding hydrogens is 168 g/mol. The van der Waals surface area contributed by atoms with E-state index in [1.807, 2.05) is 0 Å². The zero-order valence-corrected chi connectivity index (χ0v) is 7.95. The zero-order valence-electron chi connectivity index (χ0n) is 7.95. The Balaban J connectivity index is 1.89. The van der Waals surface area contributed by atoms with Crippen LogP contribution in [0.4, 0.5) is 0 Å². The number of fused-ring (bicyclic) bond motifs is 2. The van der Waals surface area contributed by atoms with E-state index >= 15 is 0 Å². The molecule has 0 amide bonds. The lowest BCUT2D eigenvalue weighted by molar-refractivity contribution is -0.240. The van der Waals surface area contributed by atoms with E-state index in [0.29, 0.717) is 5.92 Å². The fraction of sp³-hybridized carbons (Fsp3) is 1.00. The van der Waals surface area contributed by atoms with Crippen LogP contribution in [-0.2, 0) is 9.47 Å². The first-order valence-electron chi connectivity index (χ1n) is 5.13. The third-order valence-electron chi connectivity index (χ3n) is 4.34. The van der Waals surface area contributed by atoms with Gasteiger partial charge >= 0.3 is 0 Å². The van der Waals surface area contributed by atoms with Gasteiger partial charge in [0.1, 0.15) is 0 Å². The van der Waals surface area contributed by atoms with Crippen LogP contribution in [0.5, 0.6) is 0 Å². The minimum absolute atomic E-state index is 0.0737. The molecule has 3 aliphatic rings. The van der Waals surface area contributed by atoms with E-state index in [1.165, 1.54) is 0 Å². The largest absolute Gasteiger partial charge is 0.393 e. The quantitative estimate of drug-likeness (QED) is 0.608. The highest BCUT2D eigenvalue weighted by Crippen LogP contribution is 2.63. The summed E-state index contributed by atoms with van der Waals surface area (Å²) < 4.78 is 11.4. The van der Waals surface area contributed by atoms with Crippen molar-refractivity contribution in [3.05, 3.63) is 0 Å². The topological polar surface area (TPSA) is 38.7 Å². The molecule has 0 aromatic heterocycles. The summed E-state index contributed by atoms with van der Waals surface area (Å²) in [6, 6.07) is 0. The van der Waals surface area contributed by atoms with Gasteiger partial charge in [0.25, 0.3) is 0 Å². The SMILES string of the molecule is C[C@@]12CCC3(OCCO3)[C@@H]1C[C@@H]2O. The number of hydrogen-bond acceptors (Lipinski definition) is 3. The van der Waals surface area contributed by atoms with Gasteiger partial charge in [0.15, 0.2) is 5.79 Å².